The van der Waals surface area contributed by atoms with E-state index in [9.17, 15) is 4.39 Å². The lowest BCUT2D eigenvalue weighted by atomic mass is 10.0. The van der Waals surface area contributed by atoms with Crippen LogP contribution in [0.3, 0.4) is 0 Å². The Kier molecular flexibility index (Phi) is 4.66. The van der Waals surface area contributed by atoms with Crippen molar-refractivity contribution in [3.05, 3.63) is 22.8 Å². The molecular weight excluding hydrogens is 333 g/mol. The van der Waals surface area contributed by atoms with Crippen molar-refractivity contribution in [2.24, 2.45) is 5.92 Å². The second-order valence-electron chi connectivity index (χ2n) is 7.31. The quantitative estimate of drug-likeness (QED) is 0.836. The van der Waals surface area contributed by atoms with Gasteiger partial charge in [0.2, 0.25) is 0 Å². The van der Waals surface area contributed by atoms with Crippen LogP contribution in [0.2, 0.25) is 0 Å². The summed E-state index contributed by atoms with van der Waals surface area (Å²) in [6, 6.07) is -0.140. The highest BCUT2D eigenvalue weighted by molar-refractivity contribution is 7.20. The van der Waals surface area contributed by atoms with Crippen LogP contribution in [0.1, 0.15) is 36.6 Å². The number of hydrogen-bond acceptors (Lipinski definition) is 4. The molecule has 0 aromatic carbocycles. The molecule has 0 amide bonds. The van der Waals surface area contributed by atoms with E-state index in [-0.39, 0.29) is 6.04 Å². The molecule has 5 heteroatoms. The molecule has 1 saturated heterocycles. The van der Waals surface area contributed by atoms with E-state index in [1.807, 2.05) is 26.4 Å². The molecule has 1 saturated carbocycles. The van der Waals surface area contributed by atoms with Gasteiger partial charge in [-0.05, 0) is 51.1 Å². The summed E-state index contributed by atoms with van der Waals surface area (Å²) in [5, 5.41) is 4.64. The molecule has 2 aromatic heterocycles. The zero-order chi connectivity index (χ0) is 17.4. The van der Waals surface area contributed by atoms with E-state index in [1.54, 1.807) is 11.3 Å². The molecule has 25 heavy (non-hydrogen) atoms. The third-order valence-electron chi connectivity index (χ3n) is 5.21. The number of piperidine rings is 1. The Morgan fingerprint density at radius 1 is 1.36 bits per heavy atom. The first-order valence-corrected chi connectivity index (χ1v) is 9.88. The van der Waals surface area contributed by atoms with Crippen LogP contribution in [0, 0.1) is 17.8 Å². The third kappa shape index (κ3) is 3.51. The van der Waals surface area contributed by atoms with Crippen LogP contribution in [0.25, 0.3) is 10.1 Å². The summed E-state index contributed by atoms with van der Waals surface area (Å²) < 4.78 is 15.6. The molecule has 2 aromatic rings. The maximum absolute atomic E-state index is 14.4. The van der Waals surface area contributed by atoms with Crippen LogP contribution in [-0.4, -0.2) is 42.2 Å². The lowest BCUT2D eigenvalue weighted by Gasteiger charge is -2.33. The summed E-state index contributed by atoms with van der Waals surface area (Å²) in [5.74, 6) is 7.12. The summed E-state index contributed by atoms with van der Waals surface area (Å²) in [5.41, 5.74) is 2.30. The molecule has 0 spiro atoms. The predicted molar refractivity (Wildman–Crippen MR) is 103 cm³/mol. The van der Waals surface area contributed by atoms with Gasteiger partial charge in [0, 0.05) is 24.7 Å². The van der Waals surface area contributed by atoms with E-state index in [0.29, 0.717) is 6.54 Å². The van der Waals surface area contributed by atoms with Gasteiger partial charge in [-0.1, -0.05) is 5.92 Å². The molecule has 1 aliphatic heterocycles. The number of aromatic nitrogens is 1. The van der Waals surface area contributed by atoms with Crippen molar-refractivity contribution in [3.8, 4) is 11.8 Å². The topological polar surface area (TPSA) is 28.2 Å². The lowest BCUT2D eigenvalue weighted by molar-refractivity contribution is 0.149. The molecule has 4 rings (SSSR count). The summed E-state index contributed by atoms with van der Waals surface area (Å²) in [7, 11) is 1.98. The van der Waals surface area contributed by atoms with Gasteiger partial charge in [-0.15, -0.1) is 17.3 Å². The fourth-order valence-corrected chi connectivity index (χ4v) is 4.79. The van der Waals surface area contributed by atoms with E-state index in [2.05, 4.69) is 27.0 Å². The van der Waals surface area contributed by atoms with Crippen molar-refractivity contribution in [3.63, 3.8) is 0 Å². The Bertz CT molecular complexity index is 831. The fourth-order valence-electron chi connectivity index (χ4n) is 3.61. The average molecular weight is 357 g/mol. The minimum absolute atomic E-state index is 0.140. The molecule has 2 fully saturated rings. The van der Waals surface area contributed by atoms with Gasteiger partial charge in [0.15, 0.2) is 0 Å². The minimum Gasteiger partial charge on any atom is -0.377 e. The van der Waals surface area contributed by atoms with E-state index in [1.165, 1.54) is 28.5 Å². The van der Waals surface area contributed by atoms with Crippen molar-refractivity contribution in [1.82, 2.24) is 9.88 Å². The molecule has 0 radical (unpaired) electrons. The summed E-state index contributed by atoms with van der Waals surface area (Å²) in [6.07, 6.45) is 7.49. The number of rotatable bonds is 4. The molecule has 3 nitrogen and oxygen atoms in total. The number of halogens is 1. The van der Waals surface area contributed by atoms with E-state index in [0.717, 1.165) is 35.9 Å². The number of fused-ring (bicyclic) bond motifs is 1. The van der Waals surface area contributed by atoms with Gasteiger partial charge < -0.3 is 10.2 Å². The number of nitrogens with zero attached hydrogens (tertiary/aromatic N) is 2. The molecule has 1 aliphatic carbocycles. The van der Waals surface area contributed by atoms with Gasteiger partial charge in [-0.2, -0.15) is 0 Å². The van der Waals surface area contributed by atoms with Gasteiger partial charge in [0.05, 0.1) is 27.5 Å². The molecule has 2 aliphatic rings. The second kappa shape index (κ2) is 6.93. The number of pyridine rings is 1. The monoisotopic (exact) mass is 357 g/mol. The van der Waals surface area contributed by atoms with Gasteiger partial charge >= 0.3 is 0 Å². The van der Waals surface area contributed by atoms with Gasteiger partial charge in [0.25, 0.3) is 0 Å². The largest absolute Gasteiger partial charge is 0.377 e. The first-order chi connectivity index (χ1) is 12.2. The highest BCUT2D eigenvalue weighted by Gasteiger charge is 2.29. The summed E-state index contributed by atoms with van der Waals surface area (Å²) in [6.45, 7) is 3.30. The molecule has 2 atom stereocenters. The zero-order valence-electron chi connectivity index (χ0n) is 14.8. The maximum atomic E-state index is 14.4. The highest BCUT2D eigenvalue weighted by Crippen LogP contribution is 2.41. The minimum atomic E-state index is -0.852. The average Bonchev–Trinajstić information content (AvgIpc) is 3.34. The number of nitrogens with one attached hydrogen (secondary N) is 1. The molecule has 0 bridgehead atoms. The number of hydrogen-bond donors (Lipinski definition) is 1. The van der Waals surface area contributed by atoms with E-state index in [4.69, 9.17) is 0 Å². The number of likely N-dealkylation sites (tertiary alicyclic amines) is 1. The van der Waals surface area contributed by atoms with Crippen molar-refractivity contribution < 1.29 is 4.39 Å². The van der Waals surface area contributed by atoms with Crippen LogP contribution in [0.4, 0.5) is 10.1 Å². The number of anilines is 1. The SMILES string of the molecule is CC#Cc1sc2c(NC3CCN(C)CC3F)cncc2c1CC1CC1. The van der Waals surface area contributed by atoms with Gasteiger partial charge in [-0.25, -0.2) is 4.39 Å². The Hall–Kier alpha value is -1.64. The third-order valence-corrected chi connectivity index (χ3v) is 6.41. The van der Waals surface area contributed by atoms with Crippen LogP contribution in [-0.2, 0) is 6.42 Å². The van der Waals surface area contributed by atoms with Crippen LogP contribution >= 0.6 is 11.3 Å². The predicted octanol–water partition coefficient (Wildman–Crippen LogP) is 4.07. The van der Waals surface area contributed by atoms with Crippen molar-refractivity contribution >= 4 is 27.1 Å². The van der Waals surface area contributed by atoms with Crippen molar-refractivity contribution in [2.75, 3.05) is 25.5 Å². The summed E-state index contributed by atoms with van der Waals surface area (Å²) in [4.78, 5) is 7.65. The summed E-state index contributed by atoms with van der Waals surface area (Å²) >= 11 is 1.73. The Balaban J connectivity index is 1.68. The van der Waals surface area contributed by atoms with E-state index < -0.39 is 6.17 Å². The van der Waals surface area contributed by atoms with Gasteiger partial charge in [0.1, 0.15) is 6.17 Å². The van der Waals surface area contributed by atoms with Crippen LogP contribution in [0.5, 0.6) is 0 Å². The van der Waals surface area contributed by atoms with Crippen LogP contribution < -0.4 is 5.32 Å². The zero-order valence-corrected chi connectivity index (χ0v) is 15.6. The first kappa shape index (κ1) is 16.8. The Morgan fingerprint density at radius 2 is 2.20 bits per heavy atom. The standard InChI is InChI=1S/C20H24FN3S/c1-3-4-19-14(9-13-5-6-13)15-10-22-11-18(20(15)25-19)23-17-7-8-24(2)12-16(17)21/h10-11,13,16-17,23H,5-9,12H2,1-2H3. The fraction of sp³-hybridized carbons (Fsp3) is 0.550. The Labute approximate surface area is 152 Å². The number of thiophene rings is 1. The van der Waals surface area contributed by atoms with Gasteiger partial charge in [-0.3, -0.25) is 4.98 Å². The normalized spacial score (nSPS) is 24.1. The smallest absolute Gasteiger partial charge is 0.133 e. The lowest BCUT2D eigenvalue weighted by Crippen LogP contribution is -2.46. The second-order valence-corrected chi connectivity index (χ2v) is 8.33. The number of alkyl halides is 1. The molecular formula is C20H24FN3S. The van der Waals surface area contributed by atoms with Crippen molar-refractivity contribution in [2.45, 2.75) is 44.8 Å². The Morgan fingerprint density at radius 3 is 2.92 bits per heavy atom. The molecule has 3 heterocycles. The van der Waals surface area contributed by atoms with Crippen LogP contribution in [0.15, 0.2) is 12.4 Å². The maximum Gasteiger partial charge on any atom is 0.133 e. The highest BCUT2D eigenvalue weighted by atomic mass is 32.1. The first-order valence-electron chi connectivity index (χ1n) is 9.07. The molecule has 1 N–H and O–H groups in total. The molecule has 2 unspecified atom stereocenters. The van der Waals surface area contributed by atoms with Crippen molar-refractivity contribution in [1.29, 1.82) is 0 Å². The van der Waals surface area contributed by atoms with E-state index >= 15 is 0 Å². The molecule has 132 valence electrons.